The van der Waals surface area contributed by atoms with Crippen LogP contribution >= 0.6 is 0 Å². The Labute approximate surface area is 140 Å². The van der Waals surface area contributed by atoms with Crippen molar-refractivity contribution in [3.63, 3.8) is 0 Å². The van der Waals surface area contributed by atoms with E-state index < -0.39 is 35.0 Å². The number of nitrogens with zero attached hydrogens (tertiary/aromatic N) is 1. The van der Waals surface area contributed by atoms with Gasteiger partial charge >= 0.3 is 12.4 Å². The maximum Gasteiger partial charge on any atom is 0.416 e. The van der Waals surface area contributed by atoms with Crippen molar-refractivity contribution in [1.29, 1.82) is 0 Å². The van der Waals surface area contributed by atoms with Crippen molar-refractivity contribution in [2.24, 2.45) is 0 Å². The van der Waals surface area contributed by atoms with Crippen LogP contribution in [-0.4, -0.2) is 50.1 Å². The van der Waals surface area contributed by atoms with Gasteiger partial charge in [-0.3, -0.25) is 9.69 Å². The number of amides is 1. The summed E-state index contributed by atoms with van der Waals surface area (Å²) in [7, 11) is 0. The molecule has 0 saturated carbocycles. The smallest absolute Gasteiger partial charge is 0.351 e. The van der Waals surface area contributed by atoms with Crippen LogP contribution in [0.4, 0.5) is 26.3 Å². The molecule has 1 aromatic rings. The molecule has 0 spiro atoms. The molecule has 0 atom stereocenters. The minimum atomic E-state index is -4.98. The van der Waals surface area contributed by atoms with E-state index in [-0.39, 0.29) is 12.6 Å². The quantitative estimate of drug-likeness (QED) is 0.801. The van der Waals surface area contributed by atoms with Crippen LogP contribution in [0.5, 0.6) is 0 Å². The Morgan fingerprint density at radius 3 is 2.00 bits per heavy atom. The number of carbonyl (C=O) groups excluding carboxylic acids is 1. The van der Waals surface area contributed by atoms with E-state index >= 15 is 0 Å². The minimum Gasteiger partial charge on any atom is -0.351 e. The first-order valence-electron chi connectivity index (χ1n) is 7.58. The highest BCUT2D eigenvalue weighted by Crippen LogP contribution is 2.36. The van der Waals surface area contributed by atoms with E-state index in [9.17, 15) is 31.1 Å². The van der Waals surface area contributed by atoms with Gasteiger partial charge in [0.25, 0.3) is 5.91 Å². The summed E-state index contributed by atoms with van der Waals surface area (Å²) in [6, 6.07) is 0.849. The molecule has 10 heteroatoms. The molecule has 0 aromatic heterocycles. The Balaban J connectivity index is 2.09. The van der Waals surface area contributed by atoms with Crippen LogP contribution in [0.3, 0.4) is 0 Å². The summed E-state index contributed by atoms with van der Waals surface area (Å²) in [6.45, 7) is 3.71. The summed E-state index contributed by atoms with van der Waals surface area (Å²) in [6.07, 6.45) is -9.95. The lowest BCUT2D eigenvalue weighted by atomic mass is 10.0. The summed E-state index contributed by atoms with van der Waals surface area (Å²) in [5.41, 5.74) is -3.67. The number of alkyl halides is 6. The molecule has 1 aliphatic rings. The largest absolute Gasteiger partial charge is 0.416 e. The fourth-order valence-corrected chi connectivity index (χ4v) is 2.45. The van der Waals surface area contributed by atoms with Crippen LogP contribution in [0.1, 0.15) is 21.5 Å². The molecule has 4 nitrogen and oxygen atoms in total. The predicted molar refractivity (Wildman–Crippen MR) is 78.1 cm³/mol. The lowest BCUT2D eigenvalue weighted by Crippen LogP contribution is -2.46. The first-order chi connectivity index (χ1) is 11.6. The van der Waals surface area contributed by atoms with Gasteiger partial charge in [-0.05, 0) is 18.2 Å². The maximum atomic E-state index is 12.8. The van der Waals surface area contributed by atoms with Crippen LogP contribution in [-0.2, 0) is 12.4 Å². The summed E-state index contributed by atoms with van der Waals surface area (Å²) in [4.78, 5) is 14.0. The average Bonchev–Trinajstić information content (AvgIpc) is 2.53. The fraction of sp³-hybridized carbons (Fsp3) is 0.533. The summed E-state index contributed by atoms with van der Waals surface area (Å²) in [5.74, 6) is -0.966. The third-order valence-electron chi connectivity index (χ3n) is 3.77. The molecule has 2 N–H and O–H groups in total. The molecule has 1 heterocycles. The standard InChI is InChI=1S/C15H17F6N3O/c16-14(17,18)11-7-10(8-12(9-11)15(19,20)21)13(25)23-3-6-24-4-1-22-2-5-24/h7-9,22H,1-6H2,(H,23,25). The van der Waals surface area contributed by atoms with Crippen LogP contribution < -0.4 is 10.6 Å². The Hall–Kier alpha value is -1.81. The molecule has 0 radical (unpaired) electrons. The Kier molecular flexibility index (Phi) is 5.94. The molecule has 140 valence electrons. The van der Waals surface area contributed by atoms with Gasteiger partial charge in [0.05, 0.1) is 11.1 Å². The van der Waals surface area contributed by atoms with Crippen molar-refractivity contribution in [2.75, 3.05) is 39.3 Å². The molecule has 1 saturated heterocycles. The Bertz CT molecular complexity index is 576. The zero-order chi connectivity index (χ0) is 18.7. The second kappa shape index (κ2) is 7.61. The lowest BCUT2D eigenvalue weighted by Gasteiger charge is -2.27. The van der Waals surface area contributed by atoms with Gasteiger partial charge in [0.15, 0.2) is 0 Å². The molecule has 1 amide bonds. The molecule has 0 unspecified atom stereocenters. The van der Waals surface area contributed by atoms with E-state index in [1.807, 2.05) is 4.90 Å². The van der Waals surface area contributed by atoms with Gasteiger partial charge in [-0.15, -0.1) is 0 Å². The lowest BCUT2D eigenvalue weighted by molar-refractivity contribution is -0.143. The molecule has 1 aliphatic heterocycles. The molecule has 0 bridgehead atoms. The fourth-order valence-electron chi connectivity index (χ4n) is 2.45. The van der Waals surface area contributed by atoms with Gasteiger partial charge in [0, 0.05) is 44.8 Å². The zero-order valence-electron chi connectivity index (χ0n) is 13.1. The van der Waals surface area contributed by atoms with Crippen molar-refractivity contribution in [3.8, 4) is 0 Å². The molecule has 2 rings (SSSR count). The van der Waals surface area contributed by atoms with Gasteiger partial charge in [-0.2, -0.15) is 26.3 Å². The number of hydrogen-bond donors (Lipinski definition) is 2. The van der Waals surface area contributed by atoms with Gasteiger partial charge in [0.1, 0.15) is 0 Å². The highest BCUT2D eigenvalue weighted by molar-refractivity contribution is 5.94. The zero-order valence-corrected chi connectivity index (χ0v) is 13.1. The van der Waals surface area contributed by atoms with Crippen LogP contribution in [0, 0.1) is 0 Å². The number of rotatable bonds is 4. The second-order valence-electron chi connectivity index (χ2n) is 5.64. The molecule has 1 aromatic carbocycles. The first-order valence-corrected chi connectivity index (χ1v) is 7.58. The third-order valence-corrected chi connectivity index (χ3v) is 3.77. The van der Waals surface area contributed by atoms with E-state index in [2.05, 4.69) is 10.6 Å². The van der Waals surface area contributed by atoms with Crippen molar-refractivity contribution in [2.45, 2.75) is 12.4 Å². The van der Waals surface area contributed by atoms with Gasteiger partial charge in [0.2, 0.25) is 0 Å². The summed E-state index contributed by atoms with van der Waals surface area (Å²) >= 11 is 0. The molecular formula is C15H17F6N3O. The molecular weight excluding hydrogens is 352 g/mol. The number of halogens is 6. The summed E-state index contributed by atoms with van der Waals surface area (Å²) < 4.78 is 76.7. The van der Waals surface area contributed by atoms with E-state index in [0.29, 0.717) is 18.7 Å². The van der Waals surface area contributed by atoms with Crippen molar-refractivity contribution >= 4 is 5.91 Å². The second-order valence-corrected chi connectivity index (χ2v) is 5.64. The topological polar surface area (TPSA) is 44.4 Å². The number of benzene rings is 1. The van der Waals surface area contributed by atoms with Crippen LogP contribution in [0.15, 0.2) is 18.2 Å². The highest BCUT2D eigenvalue weighted by Gasteiger charge is 2.37. The molecule has 1 fully saturated rings. The number of hydrogen-bond acceptors (Lipinski definition) is 3. The molecule has 25 heavy (non-hydrogen) atoms. The van der Waals surface area contributed by atoms with Gasteiger partial charge < -0.3 is 10.6 Å². The van der Waals surface area contributed by atoms with Gasteiger partial charge in [-0.1, -0.05) is 0 Å². The highest BCUT2D eigenvalue weighted by atomic mass is 19.4. The third kappa shape index (κ3) is 5.60. The number of carbonyl (C=O) groups is 1. The maximum absolute atomic E-state index is 12.8. The van der Waals surface area contributed by atoms with Crippen molar-refractivity contribution < 1.29 is 31.1 Å². The van der Waals surface area contributed by atoms with E-state index in [0.717, 1.165) is 26.2 Å². The van der Waals surface area contributed by atoms with Crippen molar-refractivity contribution in [3.05, 3.63) is 34.9 Å². The van der Waals surface area contributed by atoms with E-state index in [4.69, 9.17) is 0 Å². The van der Waals surface area contributed by atoms with Crippen LogP contribution in [0.25, 0.3) is 0 Å². The predicted octanol–water partition coefficient (Wildman–Crippen LogP) is 2.36. The minimum absolute atomic E-state index is 0.00247. The Morgan fingerprint density at radius 2 is 1.52 bits per heavy atom. The van der Waals surface area contributed by atoms with Crippen LogP contribution in [0.2, 0.25) is 0 Å². The normalized spacial score (nSPS) is 16.7. The van der Waals surface area contributed by atoms with Crippen molar-refractivity contribution in [1.82, 2.24) is 15.5 Å². The monoisotopic (exact) mass is 369 g/mol. The SMILES string of the molecule is O=C(NCCN1CCNCC1)c1cc(C(F)(F)F)cc(C(F)(F)F)c1. The summed E-state index contributed by atoms with van der Waals surface area (Å²) in [5, 5.41) is 5.51. The van der Waals surface area contributed by atoms with E-state index in [1.54, 1.807) is 0 Å². The Morgan fingerprint density at radius 1 is 1.00 bits per heavy atom. The first kappa shape index (κ1) is 19.5. The number of nitrogens with one attached hydrogen (secondary N) is 2. The average molecular weight is 369 g/mol. The molecule has 0 aliphatic carbocycles. The van der Waals surface area contributed by atoms with E-state index in [1.165, 1.54) is 0 Å². The number of piperazine rings is 1. The van der Waals surface area contributed by atoms with Gasteiger partial charge in [-0.25, -0.2) is 0 Å².